The lowest BCUT2D eigenvalue weighted by Gasteiger charge is -2.03. The van der Waals surface area contributed by atoms with E-state index in [1.54, 1.807) is 18.3 Å². The molecule has 2 nitrogen and oxygen atoms in total. The Kier molecular flexibility index (Phi) is 3.55. The molecule has 3 heteroatoms. The van der Waals surface area contributed by atoms with E-state index in [-0.39, 0.29) is 5.78 Å². The van der Waals surface area contributed by atoms with Gasteiger partial charge in [0.05, 0.1) is 5.02 Å². The number of benzene rings is 1. The van der Waals surface area contributed by atoms with Gasteiger partial charge in [0.2, 0.25) is 0 Å². The SMILES string of the molecule is Cc1ccc(CC(=O)c2ncccc2Cl)cc1. The summed E-state index contributed by atoms with van der Waals surface area (Å²) in [6.07, 6.45) is 1.91. The lowest BCUT2D eigenvalue weighted by molar-refractivity contribution is 0.0988. The van der Waals surface area contributed by atoms with Crippen LogP contribution in [0.25, 0.3) is 0 Å². The number of nitrogens with zero attached hydrogens (tertiary/aromatic N) is 1. The van der Waals surface area contributed by atoms with Crippen LogP contribution in [0.5, 0.6) is 0 Å². The smallest absolute Gasteiger partial charge is 0.187 e. The second kappa shape index (κ2) is 5.11. The molecule has 0 N–H and O–H groups in total. The minimum Gasteiger partial charge on any atom is -0.292 e. The third kappa shape index (κ3) is 2.92. The molecule has 0 spiro atoms. The molecule has 0 bridgehead atoms. The van der Waals surface area contributed by atoms with Crippen molar-refractivity contribution in [3.8, 4) is 0 Å². The van der Waals surface area contributed by atoms with Crippen molar-refractivity contribution in [1.82, 2.24) is 4.98 Å². The summed E-state index contributed by atoms with van der Waals surface area (Å²) in [5, 5.41) is 0.407. The van der Waals surface area contributed by atoms with Crippen molar-refractivity contribution in [2.24, 2.45) is 0 Å². The highest BCUT2D eigenvalue weighted by Crippen LogP contribution is 2.15. The van der Waals surface area contributed by atoms with Gasteiger partial charge in [-0.15, -0.1) is 0 Å². The van der Waals surface area contributed by atoms with E-state index in [0.717, 1.165) is 5.56 Å². The Morgan fingerprint density at radius 3 is 2.59 bits per heavy atom. The summed E-state index contributed by atoms with van der Waals surface area (Å²) >= 11 is 5.93. The molecular formula is C14H12ClNO. The number of aromatic nitrogens is 1. The van der Waals surface area contributed by atoms with Crippen LogP contribution in [0.4, 0.5) is 0 Å². The maximum Gasteiger partial charge on any atom is 0.187 e. The van der Waals surface area contributed by atoms with E-state index in [4.69, 9.17) is 11.6 Å². The van der Waals surface area contributed by atoms with Gasteiger partial charge in [-0.1, -0.05) is 41.4 Å². The van der Waals surface area contributed by atoms with Crippen molar-refractivity contribution in [3.05, 3.63) is 64.4 Å². The molecule has 86 valence electrons. The van der Waals surface area contributed by atoms with Crippen molar-refractivity contribution < 1.29 is 4.79 Å². The molecule has 1 heterocycles. The highest BCUT2D eigenvalue weighted by molar-refractivity contribution is 6.33. The minimum atomic E-state index is -0.0561. The Balaban J connectivity index is 2.17. The van der Waals surface area contributed by atoms with Crippen LogP contribution in [0.3, 0.4) is 0 Å². The highest BCUT2D eigenvalue weighted by atomic mass is 35.5. The standard InChI is InChI=1S/C14H12ClNO/c1-10-4-6-11(7-5-10)9-13(17)14-12(15)3-2-8-16-14/h2-8H,9H2,1H3. The average molecular weight is 246 g/mol. The maximum atomic E-state index is 12.0. The minimum absolute atomic E-state index is 0.0561. The van der Waals surface area contributed by atoms with E-state index >= 15 is 0 Å². The van der Waals surface area contributed by atoms with Gasteiger partial charge in [0, 0.05) is 12.6 Å². The summed E-state index contributed by atoms with van der Waals surface area (Å²) < 4.78 is 0. The molecule has 0 aliphatic rings. The van der Waals surface area contributed by atoms with Crippen molar-refractivity contribution in [3.63, 3.8) is 0 Å². The summed E-state index contributed by atoms with van der Waals surface area (Å²) in [5.41, 5.74) is 2.49. The number of halogens is 1. The predicted molar refractivity (Wildman–Crippen MR) is 68.5 cm³/mol. The quantitative estimate of drug-likeness (QED) is 0.775. The number of rotatable bonds is 3. The molecule has 0 unspecified atom stereocenters. The summed E-state index contributed by atoms with van der Waals surface area (Å²) in [6, 6.07) is 11.3. The third-order valence-electron chi connectivity index (χ3n) is 2.51. The number of pyridine rings is 1. The van der Waals surface area contributed by atoms with Gasteiger partial charge in [0.15, 0.2) is 5.78 Å². The molecule has 0 aliphatic heterocycles. The van der Waals surface area contributed by atoms with Gasteiger partial charge < -0.3 is 0 Å². The van der Waals surface area contributed by atoms with Crippen molar-refractivity contribution in [2.75, 3.05) is 0 Å². The fourth-order valence-electron chi connectivity index (χ4n) is 1.57. The molecule has 2 aromatic rings. The van der Waals surface area contributed by atoms with Crippen LogP contribution in [0.15, 0.2) is 42.6 Å². The largest absolute Gasteiger partial charge is 0.292 e. The highest BCUT2D eigenvalue weighted by Gasteiger charge is 2.11. The lowest BCUT2D eigenvalue weighted by Crippen LogP contribution is -2.06. The first kappa shape index (κ1) is 11.8. The van der Waals surface area contributed by atoms with Gasteiger partial charge in [-0.05, 0) is 24.6 Å². The monoisotopic (exact) mass is 245 g/mol. The summed E-state index contributed by atoms with van der Waals surface area (Å²) in [7, 11) is 0. The van der Waals surface area contributed by atoms with Crippen molar-refractivity contribution >= 4 is 17.4 Å². The second-order valence-corrected chi connectivity index (χ2v) is 4.33. The van der Waals surface area contributed by atoms with Gasteiger partial charge in [0.25, 0.3) is 0 Å². The first-order chi connectivity index (χ1) is 8.16. The number of Topliss-reactive ketones (excluding diaryl/α,β-unsaturated/α-hetero) is 1. The van der Waals surface area contributed by atoms with Crippen LogP contribution in [-0.2, 0) is 6.42 Å². The third-order valence-corrected chi connectivity index (χ3v) is 2.81. The maximum absolute atomic E-state index is 12.0. The number of carbonyl (C=O) groups excluding carboxylic acids is 1. The normalized spacial score (nSPS) is 10.2. The fraction of sp³-hybridized carbons (Fsp3) is 0.143. The van der Waals surface area contributed by atoms with Gasteiger partial charge in [-0.3, -0.25) is 9.78 Å². The molecule has 1 aromatic heterocycles. The molecular weight excluding hydrogens is 234 g/mol. The molecule has 0 aliphatic carbocycles. The zero-order chi connectivity index (χ0) is 12.3. The number of aryl methyl sites for hydroxylation is 1. The van der Waals surface area contributed by atoms with E-state index in [1.807, 2.05) is 31.2 Å². The summed E-state index contributed by atoms with van der Waals surface area (Å²) in [4.78, 5) is 16.0. The summed E-state index contributed by atoms with van der Waals surface area (Å²) in [6.45, 7) is 2.02. The number of carbonyl (C=O) groups is 1. The van der Waals surface area contributed by atoms with E-state index in [2.05, 4.69) is 4.98 Å². The molecule has 0 saturated heterocycles. The molecule has 17 heavy (non-hydrogen) atoms. The van der Waals surface area contributed by atoms with Gasteiger partial charge >= 0.3 is 0 Å². The Labute approximate surface area is 105 Å². The summed E-state index contributed by atoms with van der Waals surface area (Å²) in [5.74, 6) is -0.0561. The van der Waals surface area contributed by atoms with Crippen LogP contribution in [0, 0.1) is 6.92 Å². The van der Waals surface area contributed by atoms with E-state index in [1.165, 1.54) is 5.56 Å². The van der Waals surface area contributed by atoms with Crippen molar-refractivity contribution in [2.45, 2.75) is 13.3 Å². The van der Waals surface area contributed by atoms with E-state index < -0.39 is 0 Å². The van der Waals surface area contributed by atoms with E-state index in [9.17, 15) is 4.79 Å². The fourth-order valence-corrected chi connectivity index (χ4v) is 1.79. The van der Waals surface area contributed by atoms with Crippen LogP contribution in [-0.4, -0.2) is 10.8 Å². The zero-order valence-electron chi connectivity index (χ0n) is 9.48. The Morgan fingerprint density at radius 1 is 1.24 bits per heavy atom. The van der Waals surface area contributed by atoms with Gasteiger partial charge in [-0.2, -0.15) is 0 Å². The topological polar surface area (TPSA) is 30.0 Å². The Morgan fingerprint density at radius 2 is 1.94 bits per heavy atom. The van der Waals surface area contributed by atoms with Crippen LogP contribution < -0.4 is 0 Å². The molecule has 1 aromatic carbocycles. The number of hydrogen-bond donors (Lipinski definition) is 0. The number of ketones is 1. The number of hydrogen-bond acceptors (Lipinski definition) is 2. The Hall–Kier alpha value is -1.67. The lowest BCUT2D eigenvalue weighted by atomic mass is 10.1. The molecule has 0 saturated carbocycles. The first-order valence-electron chi connectivity index (χ1n) is 5.36. The van der Waals surface area contributed by atoms with Crippen LogP contribution >= 0.6 is 11.6 Å². The van der Waals surface area contributed by atoms with Gasteiger partial charge in [-0.25, -0.2) is 0 Å². The predicted octanol–water partition coefficient (Wildman–Crippen LogP) is 3.47. The second-order valence-electron chi connectivity index (χ2n) is 3.92. The zero-order valence-corrected chi connectivity index (χ0v) is 10.2. The first-order valence-corrected chi connectivity index (χ1v) is 5.74. The van der Waals surface area contributed by atoms with Gasteiger partial charge in [0.1, 0.15) is 5.69 Å². The molecule has 0 atom stereocenters. The van der Waals surface area contributed by atoms with Crippen LogP contribution in [0.1, 0.15) is 21.6 Å². The van der Waals surface area contributed by atoms with E-state index in [0.29, 0.717) is 17.1 Å². The van der Waals surface area contributed by atoms with Crippen molar-refractivity contribution in [1.29, 1.82) is 0 Å². The molecule has 0 amide bonds. The molecule has 0 fully saturated rings. The molecule has 2 rings (SSSR count). The molecule has 0 radical (unpaired) electrons. The Bertz CT molecular complexity index is 534. The average Bonchev–Trinajstić information content (AvgIpc) is 2.32. The van der Waals surface area contributed by atoms with Crippen LogP contribution in [0.2, 0.25) is 5.02 Å².